The maximum atomic E-state index is 11.0. The van der Waals surface area contributed by atoms with Crippen LogP contribution in [0.4, 0.5) is 0 Å². The van der Waals surface area contributed by atoms with E-state index in [2.05, 4.69) is 0 Å². The Hall–Kier alpha value is -2.00. The van der Waals surface area contributed by atoms with Crippen LogP contribution in [0.25, 0.3) is 0 Å². The van der Waals surface area contributed by atoms with Crippen molar-refractivity contribution in [3.63, 3.8) is 0 Å². The molecular formula is C26H34N2O9. The fraction of sp³-hybridized carbons (Fsp3) is 0.538. The third kappa shape index (κ3) is 5.72. The number of nitrogens with two attached hydrogens (primary N) is 2. The van der Waals surface area contributed by atoms with Crippen LogP contribution in [0.5, 0.6) is 0 Å². The quantitative estimate of drug-likeness (QED) is 0.321. The third-order valence-corrected chi connectivity index (χ3v) is 6.93. The molecule has 3 aliphatic heterocycles. The largest absolute Gasteiger partial charge is 0.394 e. The highest BCUT2D eigenvalue weighted by Gasteiger charge is 2.52. The molecule has 2 aromatic rings. The minimum absolute atomic E-state index is 0.135. The van der Waals surface area contributed by atoms with Gasteiger partial charge in [0.1, 0.15) is 36.6 Å². The number of aliphatic hydroxyl groups excluding tert-OH is 3. The molecule has 0 aromatic heterocycles. The lowest BCUT2D eigenvalue weighted by molar-refractivity contribution is -0.363. The SMILES string of the molecule is N[C@H]1[C@H](O[C@H]2[C@H](O)[C@@H](N)[C@H](OCc3ccccc3)O[C@@H]2CO)O[C@@H]2COC(c3ccccc3)O[C@H]2[C@@H]1O. The Morgan fingerprint density at radius 1 is 0.838 bits per heavy atom. The van der Waals surface area contributed by atoms with Gasteiger partial charge in [-0.15, -0.1) is 0 Å². The van der Waals surface area contributed by atoms with Gasteiger partial charge in [0.25, 0.3) is 0 Å². The second kappa shape index (κ2) is 11.8. The van der Waals surface area contributed by atoms with Crippen molar-refractivity contribution in [2.24, 2.45) is 11.5 Å². The molecule has 11 atom stereocenters. The number of hydrogen-bond donors (Lipinski definition) is 5. The summed E-state index contributed by atoms with van der Waals surface area (Å²) in [4.78, 5) is 0. The highest BCUT2D eigenvalue weighted by Crippen LogP contribution is 2.35. The molecule has 11 nitrogen and oxygen atoms in total. The lowest BCUT2D eigenvalue weighted by Crippen LogP contribution is -2.68. The van der Waals surface area contributed by atoms with E-state index in [0.717, 1.165) is 11.1 Å². The van der Waals surface area contributed by atoms with Gasteiger partial charge < -0.3 is 55.2 Å². The first-order valence-corrected chi connectivity index (χ1v) is 12.4. The van der Waals surface area contributed by atoms with Crippen molar-refractivity contribution >= 4 is 0 Å². The van der Waals surface area contributed by atoms with Gasteiger partial charge in [0.15, 0.2) is 18.9 Å². The Morgan fingerprint density at radius 3 is 2.22 bits per heavy atom. The normalized spacial score (nSPS) is 40.2. The van der Waals surface area contributed by atoms with E-state index in [1.54, 1.807) is 0 Å². The monoisotopic (exact) mass is 518 g/mol. The van der Waals surface area contributed by atoms with Gasteiger partial charge in [-0.25, -0.2) is 0 Å². The van der Waals surface area contributed by atoms with Gasteiger partial charge in [-0.1, -0.05) is 60.7 Å². The molecule has 202 valence electrons. The standard InChI is InChI=1S/C26H34N2O9/c27-18-20(30)22(16(11-29)34-25(18)32-12-14-7-3-1-4-8-14)37-26-19(28)21(31)23-17(35-26)13-33-24(36-23)15-9-5-2-6-10-15/h1-10,16-26,29-31H,11-13,27-28H2/t16-,17-,18-,19-,20-,21-,22-,23-,24?,25-,26+/m1/s1. The number of rotatable bonds is 7. The Labute approximate surface area is 214 Å². The van der Waals surface area contributed by atoms with E-state index in [9.17, 15) is 15.3 Å². The van der Waals surface area contributed by atoms with Crippen LogP contribution < -0.4 is 11.5 Å². The maximum Gasteiger partial charge on any atom is 0.184 e. The minimum Gasteiger partial charge on any atom is -0.394 e. The Bertz CT molecular complexity index is 983. The summed E-state index contributed by atoms with van der Waals surface area (Å²) < 4.78 is 35.4. The highest BCUT2D eigenvalue weighted by atomic mass is 16.8. The molecule has 2 aromatic carbocycles. The third-order valence-electron chi connectivity index (χ3n) is 6.93. The van der Waals surface area contributed by atoms with Gasteiger partial charge >= 0.3 is 0 Å². The summed E-state index contributed by atoms with van der Waals surface area (Å²) in [6.45, 7) is -0.122. The topological polar surface area (TPSA) is 168 Å². The molecule has 3 saturated heterocycles. The zero-order chi connectivity index (χ0) is 25.9. The first kappa shape index (κ1) is 26.6. The van der Waals surface area contributed by atoms with Gasteiger partial charge in [-0.2, -0.15) is 0 Å². The van der Waals surface area contributed by atoms with E-state index in [1.165, 1.54) is 0 Å². The summed E-state index contributed by atoms with van der Waals surface area (Å²) in [5.41, 5.74) is 14.2. The van der Waals surface area contributed by atoms with Gasteiger partial charge in [-0.3, -0.25) is 0 Å². The highest BCUT2D eigenvalue weighted by molar-refractivity contribution is 5.17. The zero-order valence-electron chi connectivity index (χ0n) is 20.2. The summed E-state index contributed by atoms with van der Waals surface area (Å²) in [5, 5.41) is 31.9. The predicted octanol–water partition coefficient (Wildman–Crippen LogP) is -0.479. The van der Waals surface area contributed by atoms with Crippen LogP contribution >= 0.6 is 0 Å². The fourth-order valence-electron chi connectivity index (χ4n) is 4.83. The molecule has 1 unspecified atom stereocenters. The van der Waals surface area contributed by atoms with Crippen LogP contribution in [0.3, 0.4) is 0 Å². The van der Waals surface area contributed by atoms with Crippen molar-refractivity contribution < 1.29 is 43.7 Å². The smallest absolute Gasteiger partial charge is 0.184 e. The van der Waals surface area contributed by atoms with Gasteiger partial charge in [0, 0.05) is 5.56 Å². The van der Waals surface area contributed by atoms with E-state index in [4.69, 9.17) is 39.9 Å². The van der Waals surface area contributed by atoms with E-state index < -0.39 is 74.2 Å². The molecule has 0 bridgehead atoms. The predicted molar refractivity (Wildman–Crippen MR) is 128 cm³/mol. The summed E-state index contributed by atoms with van der Waals surface area (Å²) in [7, 11) is 0. The number of ether oxygens (including phenoxy) is 6. The van der Waals surface area contributed by atoms with Crippen LogP contribution in [-0.4, -0.2) is 89.8 Å². The first-order valence-electron chi connectivity index (χ1n) is 12.4. The molecule has 0 radical (unpaired) electrons. The van der Waals surface area contributed by atoms with Crippen LogP contribution in [-0.2, 0) is 35.0 Å². The molecule has 3 aliphatic rings. The lowest BCUT2D eigenvalue weighted by atomic mass is 9.95. The molecule has 3 heterocycles. The molecular weight excluding hydrogens is 484 g/mol. The second-order valence-electron chi connectivity index (χ2n) is 9.48. The summed E-state index contributed by atoms with van der Waals surface area (Å²) in [5.74, 6) is 0. The lowest BCUT2D eigenvalue weighted by Gasteiger charge is -2.49. The van der Waals surface area contributed by atoms with Crippen LogP contribution in [0.1, 0.15) is 17.4 Å². The summed E-state index contributed by atoms with van der Waals surface area (Å²) >= 11 is 0. The first-order chi connectivity index (χ1) is 18.0. The maximum absolute atomic E-state index is 11.0. The van der Waals surface area contributed by atoms with Crippen LogP contribution in [0.15, 0.2) is 60.7 Å². The molecule has 37 heavy (non-hydrogen) atoms. The van der Waals surface area contributed by atoms with Gasteiger partial charge in [0.05, 0.1) is 31.9 Å². The fourth-order valence-corrected chi connectivity index (χ4v) is 4.83. The number of fused-ring (bicyclic) bond motifs is 1. The van der Waals surface area contributed by atoms with Crippen molar-refractivity contribution in [1.29, 1.82) is 0 Å². The molecule has 11 heteroatoms. The Morgan fingerprint density at radius 2 is 1.51 bits per heavy atom. The van der Waals surface area contributed by atoms with Crippen molar-refractivity contribution in [2.75, 3.05) is 13.2 Å². The van der Waals surface area contributed by atoms with E-state index in [0.29, 0.717) is 0 Å². The molecule has 5 rings (SSSR count). The van der Waals surface area contributed by atoms with E-state index in [-0.39, 0.29) is 13.2 Å². The summed E-state index contributed by atoms with van der Waals surface area (Å²) in [6, 6.07) is 16.8. The van der Waals surface area contributed by atoms with Crippen molar-refractivity contribution in [3.8, 4) is 0 Å². The molecule has 0 amide bonds. The van der Waals surface area contributed by atoms with E-state index >= 15 is 0 Å². The minimum atomic E-state index is -1.27. The molecule has 0 saturated carbocycles. The van der Waals surface area contributed by atoms with Gasteiger partial charge in [0.2, 0.25) is 0 Å². The van der Waals surface area contributed by atoms with Crippen LogP contribution in [0, 0.1) is 0 Å². The summed E-state index contributed by atoms with van der Waals surface area (Å²) in [6.07, 6.45) is -8.63. The number of benzene rings is 2. The molecule has 3 fully saturated rings. The van der Waals surface area contributed by atoms with E-state index in [1.807, 2.05) is 60.7 Å². The average Bonchev–Trinajstić information content (AvgIpc) is 2.94. The Kier molecular flexibility index (Phi) is 8.49. The Balaban J connectivity index is 1.21. The van der Waals surface area contributed by atoms with Crippen molar-refractivity contribution in [1.82, 2.24) is 0 Å². The van der Waals surface area contributed by atoms with Crippen molar-refractivity contribution in [2.45, 2.75) is 74.2 Å². The molecule has 0 spiro atoms. The van der Waals surface area contributed by atoms with Crippen LogP contribution in [0.2, 0.25) is 0 Å². The number of hydrogen-bond acceptors (Lipinski definition) is 11. The number of aliphatic hydroxyl groups is 3. The molecule has 7 N–H and O–H groups in total. The zero-order valence-corrected chi connectivity index (χ0v) is 20.2. The van der Waals surface area contributed by atoms with Gasteiger partial charge in [-0.05, 0) is 5.56 Å². The second-order valence-corrected chi connectivity index (χ2v) is 9.48. The van der Waals surface area contributed by atoms with Crippen molar-refractivity contribution in [3.05, 3.63) is 71.8 Å². The molecule has 0 aliphatic carbocycles. The average molecular weight is 519 g/mol.